The summed E-state index contributed by atoms with van der Waals surface area (Å²) in [6, 6.07) is 0. The molecule has 0 radical (unpaired) electrons. The third kappa shape index (κ3) is 4.48. The summed E-state index contributed by atoms with van der Waals surface area (Å²) in [4.78, 5) is 0. The molecule has 0 saturated heterocycles. The second-order valence-corrected chi connectivity index (χ2v) is 6.35. The van der Waals surface area contributed by atoms with Crippen LogP contribution in [0.25, 0.3) is 0 Å². The van der Waals surface area contributed by atoms with Crippen molar-refractivity contribution in [2.75, 3.05) is 0 Å². The summed E-state index contributed by atoms with van der Waals surface area (Å²) in [6.07, 6.45) is 21.3. The lowest BCUT2D eigenvalue weighted by Gasteiger charge is -2.27. The van der Waals surface area contributed by atoms with Gasteiger partial charge in [-0.05, 0) is 56.3 Å². The van der Waals surface area contributed by atoms with Gasteiger partial charge in [-0.1, -0.05) is 51.2 Å². The van der Waals surface area contributed by atoms with Gasteiger partial charge in [0, 0.05) is 0 Å². The molecule has 0 aromatic heterocycles. The Balaban J connectivity index is 1.68. The molecule has 2 aliphatic carbocycles. The molecular weight excluding hydrogens is 204 g/mol. The van der Waals surface area contributed by atoms with Gasteiger partial charge in [0.15, 0.2) is 0 Å². The van der Waals surface area contributed by atoms with Crippen LogP contribution in [-0.4, -0.2) is 0 Å². The Morgan fingerprint density at radius 1 is 0.765 bits per heavy atom. The summed E-state index contributed by atoms with van der Waals surface area (Å²) in [7, 11) is 0. The van der Waals surface area contributed by atoms with Crippen LogP contribution in [0.3, 0.4) is 0 Å². The minimum atomic E-state index is 0.921. The van der Waals surface area contributed by atoms with Gasteiger partial charge >= 0.3 is 0 Å². The third-order valence-corrected chi connectivity index (χ3v) is 4.89. The monoisotopic (exact) mass is 234 g/mol. The summed E-state index contributed by atoms with van der Waals surface area (Å²) in [6.45, 7) is 2.33. The van der Waals surface area contributed by atoms with Crippen molar-refractivity contribution >= 4 is 0 Å². The molecule has 2 saturated carbocycles. The third-order valence-electron chi connectivity index (χ3n) is 4.89. The molecule has 17 heavy (non-hydrogen) atoms. The van der Waals surface area contributed by atoms with Crippen LogP contribution in [0.15, 0.2) is 12.2 Å². The first-order valence-electron chi connectivity index (χ1n) is 8.06. The van der Waals surface area contributed by atoms with Crippen molar-refractivity contribution in [3.8, 4) is 0 Å². The Bertz CT molecular complexity index is 214. The molecule has 0 heterocycles. The van der Waals surface area contributed by atoms with Gasteiger partial charge in [0.25, 0.3) is 0 Å². The fourth-order valence-corrected chi connectivity index (χ4v) is 3.72. The Morgan fingerprint density at radius 2 is 1.35 bits per heavy atom. The smallest absolute Gasteiger partial charge is 0.0233 e. The van der Waals surface area contributed by atoms with Gasteiger partial charge in [0.2, 0.25) is 0 Å². The summed E-state index contributed by atoms with van der Waals surface area (Å²) < 4.78 is 0. The minimum Gasteiger partial charge on any atom is -0.0851 e. The van der Waals surface area contributed by atoms with Gasteiger partial charge in [0.1, 0.15) is 0 Å². The summed E-state index contributed by atoms with van der Waals surface area (Å²) in [5.74, 6) is 2.90. The average Bonchev–Trinajstić information content (AvgIpc) is 2.40. The largest absolute Gasteiger partial charge is 0.0851 e. The van der Waals surface area contributed by atoms with Crippen LogP contribution in [0.2, 0.25) is 0 Å². The highest BCUT2D eigenvalue weighted by molar-refractivity contribution is 4.95. The summed E-state index contributed by atoms with van der Waals surface area (Å²) >= 11 is 0. The molecule has 0 heteroatoms. The number of hydrogen-bond donors (Lipinski definition) is 0. The molecular formula is C17H30. The van der Waals surface area contributed by atoms with E-state index in [1.54, 1.807) is 0 Å². The molecule has 0 bridgehead atoms. The van der Waals surface area contributed by atoms with Crippen LogP contribution in [0.1, 0.15) is 77.6 Å². The molecule has 0 N–H and O–H groups in total. The molecule has 0 unspecified atom stereocenters. The summed E-state index contributed by atoms with van der Waals surface area (Å²) in [5.41, 5.74) is 0. The highest BCUT2D eigenvalue weighted by atomic mass is 14.2. The average molecular weight is 234 g/mol. The molecule has 98 valence electrons. The summed E-state index contributed by atoms with van der Waals surface area (Å²) in [5, 5.41) is 0. The molecule has 0 atom stereocenters. The fraction of sp³-hybridized carbons (Fsp3) is 0.882. The Hall–Kier alpha value is -0.260. The van der Waals surface area contributed by atoms with E-state index in [9.17, 15) is 0 Å². The lowest BCUT2D eigenvalue weighted by molar-refractivity contribution is 0.293. The normalized spacial score (nSPS) is 32.1. The van der Waals surface area contributed by atoms with E-state index in [4.69, 9.17) is 0 Å². The topological polar surface area (TPSA) is 0 Å². The molecule has 2 fully saturated rings. The van der Waals surface area contributed by atoms with Crippen LogP contribution >= 0.6 is 0 Å². The van der Waals surface area contributed by atoms with Crippen molar-refractivity contribution in [3.05, 3.63) is 12.2 Å². The van der Waals surface area contributed by atoms with E-state index in [0.717, 1.165) is 17.8 Å². The first kappa shape index (κ1) is 13.2. The van der Waals surface area contributed by atoms with Gasteiger partial charge in [-0.3, -0.25) is 0 Å². The maximum Gasteiger partial charge on any atom is -0.0233 e. The zero-order valence-electron chi connectivity index (χ0n) is 11.7. The molecule has 2 aliphatic rings. The SMILES string of the molecule is CCC[C@H]1CC[C@H](/C=C/C2CCCCC2)CC1. The minimum absolute atomic E-state index is 0.921. The van der Waals surface area contributed by atoms with Gasteiger partial charge < -0.3 is 0 Å². The Labute approximate surface area is 108 Å². The zero-order chi connectivity index (χ0) is 11.9. The Kier molecular flexibility index (Phi) is 5.61. The molecule has 0 nitrogen and oxygen atoms in total. The van der Waals surface area contributed by atoms with Gasteiger partial charge in [0.05, 0.1) is 0 Å². The number of hydrogen-bond acceptors (Lipinski definition) is 0. The van der Waals surface area contributed by atoms with Crippen molar-refractivity contribution in [3.63, 3.8) is 0 Å². The lowest BCUT2D eigenvalue weighted by atomic mass is 9.79. The lowest BCUT2D eigenvalue weighted by Crippen LogP contribution is -2.13. The highest BCUT2D eigenvalue weighted by Gasteiger charge is 2.19. The highest BCUT2D eigenvalue weighted by Crippen LogP contribution is 2.33. The van der Waals surface area contributed by atoms with Crippen LogP contribution < -0.4 is 0 Å². The predicted molar refractivity (Wildman–Crippen MR) is 76.1 cm³/mol. The van der Waals surface area contributed by atoms with Crippen molar-refractivity contribution in [2.24, 2.45) is 17.8 Å². The van der Waals surface area contributed by atoms with Gasteiger partial charge in [-0.2, -0.15) is 0 Å². The van der Waals surface area contributed by atoms with Crippen LogP contribution in [0, 0.1) is 17.8 Å². The first-order valence-corrected chi connectivity index (χ1v) is 8.06. The second-order valence-electron chi connectivity index (χ2n) is 6.35. The maximum atomic E-state index is 2.58. The molecule has 0 aromatic rings. The fourth-order valence-electron chi connectivity index (χ4n) is 3.72. The van der Waals surface area contributed by atoms with E-state index in [-0.39, 0.29) is 0 Å². The predicted octanol–water partition coefficient (Wildman–Crippen LogP) is 5.73. The van der Waals surface area contributed by atoms with Gasteiger partial charge in [-0.25, -0.2) is 0 Å². The van der Waals surface area contributed by atoms with Crippen molar-refractivity contribution < 1.29 is 0 Å². The quantitative estimate of drug-likeness (QED) is 0.545. The van der Waals surface area contributed by atoms with Gasteiger partial charge in [-0.15, -0.1) is 0 Å². The van der Waals surface area contributed by atoms with Crippen molar-refractivity contribution in [1.82, 2.24) is 0 Å². The van der Waals surface area contributed by atoms with Crippen molar-refractivity contribution in [1.29, 1.82) is 0 Å². The van der Waals surface area contributed by atoms with Crippen molar-refractivity contribution in [2.45, 2.75) is 77.6 Å². The molecule has 0 amide bonds. The maximum absolute atomic E-state index is 2.58. The molecule has 0 aliphatic heterocycles. The first-order chi connectivity index (χ1) is 8.38. The van der Waals surface area contributed by atoms with E-state index in [1.807, 2.05) is 0 Å². The van der Waals surface area contributed by atoms with Crippen LogP contribution in [-0.2, 0) is 0 Å². The standard InChI is InChI=1S/C17H30/c1-2-6-15-9-12-17(13-10-15)14-11-16-7-4-3-5-8-16/h11,14-17H,2-10,12-13H2,1H3/b14-11+/t15-,17-. The number of rotatable bonds is 4. The molecule has 0 aromatic carbocycles. The second kappa shape index (κ2) is 7.24. The number of allylic oxidation sites excluding steroid dienone is 2. The van der Waals surface area contributed by atoms with E-state index in [1.165, 1.54) is 70.6 Å². The molecule has 2 rings (SSSR count). The van der Waals surface area contributed by atoms with E-state index >= 15 is 0 Å². The van der Waals surface area contributed by atoms with Crippen LogP contribution in [0.4, 0.5) is 0 Å². The van der Waals surface area contributed by atoms with E-state index < -0.39 is 0 Å². The van der Waals surface area contributed by atoms with E-state index in [0.29, 0.717) is 0 Å². The van der Waals surface area contributed by atoms with E-state index in [2.05, 4.69) is 19.1 Å². The van der Waals surface area contributed by atoms with Crippen LogP contribution in [0.5, 0.6) is 0 Å². The Morgan fingerprint density at radius 3 is 1.94 bits per heavy atom. The molecule has 0 spiro atoms. The zero-order valence-corrected chi connectivity index (χ0v) is 11.7.